The summed E-state index contributed by atoms with van der Waals surface area (Å²) in [4.78, 5) is 25.3. The molecule has 1 aliphatic heterocycles. The van der Waals surface area contributed by atoms with Gasteiger partial charge < -0.3 is 9.64 Å². The number of rotatable bonds is 4. The normalized spacial score (nSPS) is 17.4. The van der Waals surface area contributed by atoms with Gasteiger partial charge in [0, 0.05) is 7.05 Å². The zero-order valence-electron chi connectivity index (χ0n) is 8.82. The van der Waals surface area contributed by atoms with Gasteiger partial charge in [-0.25, -0.2) is 4.79 Å². The second-order valence-corrected chi connectivity index (χ2v) is 3.60. The minimum absolute atomic E-state index is 0.125. The maximum absolute atomic E-state index is 11.4. The van der Waals surface area contributed by atoms with Gasteiger partial charge in [-0.1, -0.05) is 0 Å². The quantitative estimate of drug-likeness (QED) is 0.613. The van der Waals surface area contributed by atoms with E-state index in [0.717, 1.165) is 0 Å². The summed E-state index contributed by atoms with van der Waals surface area (Å²) >= 11 is 0. The highest BCUT2D eigenvalue weighted by Gasteiger charge is 2.32. The van der Waals surface area contributed by atoms with Crippen LogP contribution in [0.25, 0.3) is 0 Å². The summed E-state index contributed by atoms with van der Waals surface area (Å²) in [5.41, 5.74) is 0. The Morgan fingerprint density at radius 3 is 2.50 bits per heavy atom. The Kier molecular flexibility index (Phi) is 3.46. The lowest BCUT2D eigenvalue weighted by Gasteiger charge is -2.15. The van der Waals surface area contributed by atoms with Crippen molar-refractivity contribution in [3.8, 4) is 0 Å². The van der Waals surface area contributed by atoms with Crippen molar-refractivity contribution in [1.82, 2.24) is 9.80 Å². The summed E-state index contributed by atoms with van der Waals surface area (Å²) in [7, 11) is 1.61. The third kappa shape index (κ3) is 2.45. The minimum Gasteiger partial charge on any atom is -0.377 e. The summed E-state index contributed by atoms with van der Waals surface area (Å²) in [6.07, 6.45) is 0.125. The first-order chi connectivity index (χ1) is 6.52. The van der Waals surface area contributed by atoms with E-state index in [-0.39, 0.29) is 24.6 Å². The number of carbonyl (C=O) groups is 2. The molecular formula is C9H16N2O3. The van der Waals surface area contributed by atoms with Crippen LogP contribution in [-0.4, -0.2) is 54.6 Å². The van der Waals surface area contributed by atoms with Crippen LogP contribution >= 0.6 is 0 Å². The molecule has 1 saturated heterocycles. The molecule has 1 rings (SSSR count). The Morgan fingerprint density at radius 2 is 2.07 bits per heavy atom. The van der Waals surface area contributed by atoms with E-state index in [0.29, 0.717) is 13.2 Å². The van der Waals surface area contributed by atoms with Crippen LogP contribution in [-0.2, 0) is 9.53 Å². The van der Waals surface area contributed by atoms with Gasteiger partial charge >= 0.3 is 6.03 Å². The van der Waals surface area contributed by atoms with Gasteiger partial charge in [-0.2, -0.15) is 0 Å². The van der Waals surface area contributed by atoms with E-state index in [2.05, 4.69) is 0 Å². The average Bonchev–Trinajstić information content (AvgIpc) is 2.31. The number of urea groups is 1. The average molecular weight is 200 g/mol. The predicted molar refractivity (Wildman–Crippen MR) is 50.8 cm³/mol. The van der Waals surface area contributed by atoms with E-state index in [4.69, 9.17) is 4.74 Å². The lowest BCUT2D eigenvalue weighted by atomic mass is 10.5. The number of likely N-dealkylation sites (N-methyl/N-ethyl adjacent to an activating group) is 1. The van der Waals surface area contributed by atoms with Crippen LogP contribution in [0, 0.1) is 0 Å². The van der Waals surface area contributed by atoms with Crippen LogP contribution in [0.2, 0.25) is 0 Å². The maximum Gasteiger partial charge on any atom is 0.327 e. The van der Waals surface area contributed by atoms with Crippen LogP contribution in [0.5, 0.6) is 0 Å². The number of amides is 3. The van der Waals surface area contributed by atoms with Gasteiger partial charge in [-0.05, 0) is 13.8 Å². The molecule has 0 N–H and O–H groups in total. The van der Waals surface area contributed by atoms with Crippen molar-refractivity contribution in [2.75, 3.05) is 26.7 Å². The molecule has 5 nitrogen and oxygen atoms in total. The first kappa shape index (κ1) is 11.0. The first-order valence-electron chi connectivity index (χ1n) is 4.69. The molecule has 0 aromatic heterocycles. The molecule has 1 fully saturated rings. The second kappa shape index (κ2) is 4.41. The highest BCUT2D eigenvalue weighted by Crippen LogP contribution is 2.07. The van der Waals surface area contributed by atoms with Crippen molar-refractivity contribution in [3.63, 3.8) is 0 Å². The molecular weight excluding hydrogens is 184 g/mol. The number of nitrogens with zero attached hydrogens (tertiary/aromatic N) is 2. The van der Waals surface area contributed by atoms with E-state index >= 15 is 0 Å². The smallest absolute Gasteiger partial charge is 0.327 e. The van der Waals surface area contributed by atoms with Gasteiger partial charge in [0.15, 0.2) is 0 Å². The van der Waals surface area contributed by atoms with Crippen molar-refractivity contribution < 1.29 is 14.3 Å². The molecule has 14 heavy (non-hydrogen) atoms. The van der Waals surface area contributed by atoms with Crippen LogP contribution in [0.3, 0.4) is 0 Å². The van der Waals surface area contributed by atoms with Gasteiger partial charge in [0.25, 0.3) is 0 Å². The number of hydrogen-bond acceptors (Lipinski definition) is 3. The summed E-state index contributed by atoms with van der Waals surface area (Å²) < 4.78 is 5.27. The molecule has 0 aliphatic carbocycles. The Balaban J connectivity index is 2.37. The van der Waals surface area contributed by atoms with Crippen molar-refractivity contribution in [1.29, 1.82) is 0 Å². The van der Waals surface area contributed by atoms with Crippen LogP contribution in [0.15, 0.2) is 0 Å². The number of hydrogen-bond donors (Lipinski definition) is 0. The van der Waals surface area contributed by atoms with Gasteiger partial charge in [0.1, 0.15) is 6.54 Å². The van der Waals surface area contributed by atoms with Crippen molar-refractivity contribution in [2.45, 2.75) is 20.0 Å². The summed E-state index contributed by atoms with van der Waals surface area (Å²) in [6, 6.07) is -0.234. The van der Waals surface area contributed by atoms with Gasteiger partial charge in [0.2, 0.25) is 5.91 Å². The fraction of sp³-hybridized carbons (Fsp3) is 0.778. The molecule has 3 amide bonds. The zero-order valence-corrected chi connectivity index (χ0v) is 8.82. The Bertz CT molecular complexity index is 240. The number of imide groups is 1. The van der Waals surface area contributed by atoms with Crippen molar-refractivity contribution >= 4 is 11.9 Å². The monoisotopic (exact) mass is 200 g/mol. The lowest BCUT2D eigenvalue weighted by molar-refractivity contribution is -0.126. The number of ether oxygens (including phenoxy) is 1. The molecule has 5 heteroatoms. The Labute approximate surface area is 83.6 Å². The lowest BCUT2D eigenvalue weighted by Crippen LogP contribution is -2.34. The van der Waals surface area contributed by atoms with E-state index in [9.17, 15) is 9.59 Å². The Hall–Kier alpha value is -1.10. The molecule has 0 atom stereocenters. The predicted octanol–water partition coefficient (Wildman–Crippen LogP) is 0.305. The molecule has 1 heterocycles. The molecule has 0 aromatic carbocycles. The summed E-state index contributed by atoms with van der Waals surface area (Å²) in [6.45, 7) is 4.77. The highest BCUT2D eigenvalue weighted by atomic mass is 16.5. The fourth-order valence-corrected chi connectivity index (χ4v) is 1.27. The van der Waals surface area contributed by atoms with Gasteiger partial charge in [-0.3, -0.25) is 9.69 Å². The third-order valence-electron chi connectivity index (χ3n) is 2.00. The molecule has 0 radical (unpaired) electrons. The summed E-state index contributed by atoms with van der Waals surface area (Å²) in [5.74, 6) is -0.148. The topological polar surface area (TPSA) is 49.9 Å². The molecule has 1 aliphatic rings. The minimum atomic E-state index is -0.234. The number of carbonyl (C=O) groups excluding carboxylic acids is 2. The summed E-state index contributed by atoms with van der Waals surface area (Å²) in [5, 5.41) is 0. The van der Waals surface area contributed by atoms with Gasteiger partial charge in [0.05, 0.1) is 19.3 Å². The standard InChI is InChI=1S/C9H16N2O3/c1-7(2)14-5-4-11-8(12)6-10(3)9(11)13/h7H,4-6H2,1-3H3. The van der Waals surface area contributed by atoms with E-state index in [1.165, 1.54) is 9.80 Å². The van der Waals surface area contributed by atoms with Crippen molar-refractivity contribution in [2.24, 2.45) is 0 Å². The molecule has 0 saturated carbocycles. The van der Waals surface area contributed by atoms with E-state index < -0.39 is 0 Å². The fourth-order valence-electron chi connectivity index (χ4n) is 1.27. The SMILES string of the molecule is CC(C)OCCN1C(=O)CN(C)C1=O. The van der Waals surface area contributed by atoms with Crippen molar-refractivity contribution in [3.05, 3.63) is 0 Å². The zero-order chi connectivity index (χ0) is 10.7. The molecule has 0 bridgehead atoms. The molecule has 0 unspecified atom stereocenters. The van der Waals surface area contributed by atoms with Gasteiger partial charge in [-0.15, -0.1) is 0 Å². The van der Waals surface area contributed by atoms with Crippen LogP contribution < -0.4 is 0 Å². The third-order valence-corrected chi connectivity index (χ3v) is 2.00. The first-order valence-corrected chi connectivity index (χ1v) is 4.69. The molecule has 80 valence electrons. The second-order valence-electron chi connectivity index (χ2n) is 3.60. The largest absolute Gasteiger partial charge is 0.377 e. The van der Waals surface area contributed by atoms with Crippen LogP contribution in [0.4, 0.5) is 4.79 Å². The van der Waals surface area contributed by atoms with E-state index in [1.54, 1.807) is 7.05 Å². The molecule has 0 aromatic rings. The van der Waals surface area contributed by atoms with Crippen LogP contribution in [0.1, 0.15) is 13.8 Å². The Morgan fingerprint density at radius 1 is 1.43 bits per heavy atom. The molecule has 0 spiro atoms. The van der Waals surface area contributed by atoms with E-state index in [1.807, 2.05) is 13.8 Å². The highest BCUT2D eigenvalue weighted by molar-refractivity contribution is 6.01. The maximum atomic E-state index is 11.4.